The van der Waals surface area contributed by atoms with Gasteiger partial charge >= 0.3 is 5.97 Å². The number of aromatic nitrogens is 2. The highest BCUT2D eigenvalue weighted by Gasteiger charge is 2.26. The van der Waals surface area contributed by atoms with Gasteiger partial charge in [-0.1, -0.05) is 0 Å². The Hall–Kier alpha value is -1.32. The smallest absolute Gasteiger partial charge is 0.306 e. The highest BCUT2D eigenvalue weighted by molar-refractivity contribution is 5.69. The fourth-order valence-electron chi connectivity index (χ4n) is 2.08. The van der Waals surface area contributed by atoms with Crippen LogP contribution in [0.2, 0.25) is 0 Å². The van der Waals surface area contributed by atoms with Gasteiger partial charge in [-0.05, 0) is 31.7 Å². The van der Waals surface area contributed by atoms with Crippen molar-refractivity contribution in [3.63, 3.8) is 0 Å². The number of hydrogen-bond acceptors (Lipinski definition) is 2. The van der Waals surface area contributed by atoms with Crippen LogP contribution in [0, 0.1) is 5.92 Å². The lowest BCUT2D eigenvalue weighted by atomic mass is 9.86. The molecule has 1 saturated carbocycles. The van der Waals surface area contributed by atoms with Crippen LogP contribution in [0.1, 0.15) is 31.7 Å². The Balaban J connectivity index is 1.93. The van der Waals surface area contributed by atoms with E-state index in [9.17, 15) is 4.79 Å². The molecule has 76 valence electrons. The number of rotatable bonds is 2. The van der Waals surface area contributed by atoms with Crippen LogP contribution in [0.25, 0.3) is 0 Å². The summed E-state index contributed by atoms with van der Waals surface area (Å²) in [6.45, 7) is 0. The summed E-state index contributed by atoms with van der Waals surface area (Å²) in [7, 11) is 0. The maximum Gasteiger partial charge on any atom is 0.306 e. The first-order chi connectivity index (χ1) is 6.77. The van der Waals surface area contributed by atoms with Crippen molar-refractivity contribution in [2.75, 3.05) is 0 Å². The molecule has 0 aliphatic heterocycles. The molecule has 0 spiro atoms. The molecule has 1 aliphatic rings. The third-order valence-corrected chi connectivity index (χ3v) is 2.94. The largest absolute Gasteiger partial charge is 0.481 e. The van der Waals surface area contributed by atoms with E-state index in [1.165, 1.54) is 0 Å². The summed E-state index contributed by atoms with van der Waals surface area (Å²) in [5.41, 5.74) is 0. The second kappa shape index (κ2) is 3.82. The van der Waals surface area contributed by atoms with Gasteiger partial charge < -0.3 is 5.11 Å². The second-order valence-corrected chi connectivity index (χ2v) is 3.83. The lowest BCUT2D eigenvalue weighted by molar-refractivity contribution is -0.143. The first-order valence-electron chi connectivity index (χ1n) is 4.99. The van der Waals surface area contributed by atoms with Gasteiger partial charge in [-0.25, -0.2) is 0 Å². The van der Waals surface area contributed by atoms with Gasteiger partial charge in [0.25, 0.3) is 0 Å². The molecule has 1 aromatic heterocycles. The Morgan fingerprint density at radius 2 is 2.07 bits per heavy atom. The lowest BCUT2D eigenvalue weighted by Crippen LogP contribution is -2.23. The number of hydrogen-bond donors (Lipinski definition) is 1. The predicted octanol–water partition coefficient (Wildman–Crippen LogP) is 1.70. The molecular weight excluding hydrogens is 180 g/mol. The van der Waals surface area contributed by atoms with Crippen LogP contribution in [0.15, 0.2) is 18.5 Å². The first-order valence-corrected chi connectivity index (χ1v) is 4.99. The molecule has 14 heavy (non-hydrogen) atoms. The minimum Gasteiger partial charge on any atom is -0.481 e. The highest BCUT2D eigenvalue weighted by Crippen LogP contribution is 2.31. The van der Waals surface area contributed by atoms with Crippen molar-refractivity contribution < 1.29 is 9.90 Å². The third-order valence-electron chi connectivity index (χ3n) is 2.94. The molecule has 0 radical (unpaired) electrons. The zero-order chi connectivity index (χ0) is 9.97. The van der Waals surface area contributed by atoms with E-state index in [0.717, 1.165) is 25.7 Å². The summed E-state index contributed by atoms with van der Waals surface area (Å²) in [5, 5.41) is 13.0. The number of carboxylic acids is 1. The fraction of sp³-hybridized carbons (Fsp3) is 0.600. The fourth-order valence-corrected chi connectivity index (χ4v) is 2.08. The van der Waals surface area contributed by atoms with Gasteiger partial charge in [-0.3, -0.25) is 9.48 Å². The molecule has 4 nitrogen and oxygen atoms in total. The molecule has 0 bridgehead atoms. The summed E-state index contributed by atoms with van der Waals surface area (Å²) in [6, 6.07) is 2.31. The summed E-state index contributed by atoms with van der Waals surface area (Å²) < 4.78 is 1.94. The molecular formula is C10H14N2O2. The molecule has 1 heterocycles. The van der Waals surface area contributed by atoms with Crippen molar-refractivity contribution in [1.29, 1.82) is 0 Å². The van der Waals surface area contributed by atoms with Gasteiger partial charge in [0.1, 0.15) is 0 Å². The normalized spacial score (nSPS) is 27.4. The van der Waals surface area contributed by atoms with E-state index in [0.29, 0.717) is 6.04 Å². The van der Waals surface area contributed by atoms with E-state index in [1.54, 1.807) is 6.20 Å². The Kier molecular flexibility index (Phi) is 2.52. The van der Waals surface area contributed by atoms with Crippen LogP contribution >= 0.6 is 0 Å². The van der Waals surface area contributed by atoms with Crippen LogP contribution in [0.4, 0.5) is 0 Å². The van der Waals surface area contributed by atoms with Crippen molar-refractivity contribution in [2.24, 2.45) is 5.92 Å². The molecule has 1 aromatic rings. The van der Waals surface area contributed by atoms with Gasteiger partial charge in [0.2, 0.25) is 0 Å². The van der Waals surface area contributed by atoms with Crippen LogP contribution in [0.5, 0.6) is 0 Å². The average molecular weight is 194 g/mol. The predicted molar refractivity (Wildman–Crippen MR) is 50.9 cm³/mol. The average Bonchev–Trinajstić information content (AvgIpc) is 2.71. The van der Waals surface area contributed by atoms with Crippen LogP contribution in [-0.2, 0) is 4.79 Å². The van der Waals surface area contributed by atoms with E-state index in [2.05, 4.69) is 5.10 Å². The van der Waals surface area contributed by atoms with Crippen molar-refractivity contribution in [3.8, 4) is 0 Å². The van der Waals surface area contributed by atoms with Crippen molar-refractivity contribution >= 4 is 5.97 Å². The molecule has 1 N–H and O–H groups in total. The van der Waals surface area contributed by atoms with Crippen molar-refractivity contribution in [3.05, 3.63) is 18.5 Å². The molecule has 0 aromatic carbocycles. The molecule has 2 rings (SSSR count). The monoisotopic (exact) mass is 194 g/mol. The minimum absolute atomic E-state index is 0.137. The Labute approximate surface area is 82.5 Å². The molecule has 1 fully saturated rings. The maximum atomic E-state index is 10.7. The van der Waals surface area contributed by atoms with Gasteiger partial charge in [-0.15, -0.1) is 0 Å². The van der Waals surface area contributed by atoms with Gasteiger partial charge in [0, 0.05) is 12.4 Å². The van der Waals surface area contributed by atoms with Crippen molar-refractivity contribution in [1.82, 2.24) is 9.78 Å². The van der Waals surface area contributed by atoms with Crippen LogP contribution in [0.3, 0.4) is 0 Å². The standard InChI is InChI=1S/C10H14N2O2/c13-10(14)8-2-4-9(5-3-8)12-7-1-6-11-12/h1,6-9H,2-5H2,(H,13,14). The summed E-state index contributed by atoms with van der Waals surface area (Å²) in [6.07, 6.45) is 7.13. The van der Waals surface area contributed by atoms with Crippen LogP contribution < -0.4 is 0 Å². The molecule has 0 amide bonds. The summed E-state index contributed by atoms with van der Waals surface area (Å²) in [4.78, 5) is 10.7. The quantitative estimate of drug-likeness (QED) is 0.779. The van der Waals surface area contributed by atoms with E-state index < -0.39 is 5.97 Å². The number of carbonyl (C=O) groups is 1. The number of nitrogens with zero attached hydrogens (tertiary/aromatic N) is 2. The first kappa shape index (κ1) is 9.24. The van der Waals surface area contributed by atoms with E-state index in [4.69, 9.17) is 5.11 Å². The highest BCUT2D eigenvalue weighted by atomic mass is 16.4. The third kappa shape index (κ3) is 1.78. The second-order valence-electron chi connectivity index (χ2n) is 3.83. The Morgan fingerprint density at radius 3 is 2.57 bits per heavy atom. The zero-order valence-corrected chi connectivity index (χ0v) is 7.97. The Bertz CT molecular complexity index is 300. The molecule has 4 heteroatoms. The lowest BCUT2D eigenvalue weighted by Gasteiger charge is -2.26. The number of carboxylic acid groups (broad SMARTS) is 1. The van der Waals surface area contributed by atoms with E-state index in [1.807, 2.05) is 16.9 Å². The van der Waals surface area contributed by atoms with E-state index >= 15 is 0 Å². The van der Waals surface area contributed by atoms with Gasteiger partial charge in [0.05, 0.1) is 12.0 Å². The Morgan fingerprint density at radius 1 is 1.36 bits per heavy atom. The number of aliphatic carboxylic acids is 1. The van der Waals surface area contributed by atoms with E-state index in [-0.39, 0.29) is 5.92 Å². The topological polar surface area (TPSA) is 55.1 Å². The summed E-state index contributed by atoms with van der Waals surface area (Å²) in [5.74, 6) is -0.786. The molecule has 0 atom stereocenters. The zero-order valence-electron chi connectivity index (χ0n) is 7.97. The molecule has 0 saturated heterocycles. The molecule has 1 aliphatic carbocycles. The maximum absolute atomic E-state index is 10.7. The van der Waals surface area contributed by atoms with Gasteiger partial charge in [-0.2, -0.15) is 5.10 Å². The summed E-state index contributed by atoms with van der Waals surface area (Å²) >= 11 is 0. The SMILES string of the molecule is O=C(O)C1CCC(n2cccn2)CC1. The van der Waals surface area contributed by atoms with Crippen LogP contribution in [-0.4, -0.2) is 20.9 Å². The molecule has 0 unspecified atom stereocenters. The minimum atomic E-state index is -0.649. The van der Waals surface area contributed by atoms with Crippen molar-refractivity contribution in [2.45, 2.75) is 31.7 Å². The van der Waals surface area contributed by atoms with Gasteiger partial charge in [0.15, 0.2) is 0 Å².